The Morgan fingerprint density at radius 2 is 2.07 bits per heavy atom. The lowest BCUT2D eigenvalue weighted by Crippen LogP contribution is -2.25. The van der Waals surface area contributed by atoms with Crippen molar-refractivity contribution in [1.29, 1.82) is 0 Å². The Labute approximate surface area is 84.7 Å². The first kappa shape index (κ1) is 9.69. The van der Waals surface area contributed by atoms with Gasteiger partial charge in [-0.1, -0.05) is 24.3 Å². The minimum absolute atomic E-state index is 0.0188. The summed E-state index contributed by atoms with van der Waals surface area (Å²) in [6.07, 6.45) is 2.73. The summed E-state index contributed by atoms with van der Waals surface area (Å²) in [5.41, 5.74) is 8.30. The Morgan fingerprint density at radius 3 is 2.64 bits per heavy atom. The van der Waals surface area contributed by atoms with E-state index in [0.717, 1.165) is 24.8 Å². The fourth-order valence-electron chi connectivity index (χ4n) is 1.82. The van der Waals surface area contributed by atoms with Crippen LogP contribution in [0.25, 0.3) is 0 Å². The van der Waals surface area contributed by atoms with Gasteiger partial charge in [0.05, 0.1) is 6.10 Å². The van der Waals surface area contributed by atoms with E-state index in [-0.39, 0.29) is 5.54 Å². The molecule has 2 heteroatoms. The molecule has 2 rings (SSSR count). The van der Waals surface area contributed by atoms with Crippen LogP contribution in [-0.2, 0) is 6.42 Å². The Hall–Kier alpha value is -0.860. The number of benzene rings is 1. The number of aliphatic hydroxyl groups is 1. The van der Waals surface area contributed by atoms with Gasteiger partial charge >= 0.3 is 0 Å². The van der Waals surface area contributed by atoms with Gasteiger partial charge in [-0.25, -0.2) is 0 Å². The summed E-state index contributed by atoms with van der Waals surface area (Å²) in [6, 6.07) is 8.01. The molecule has 0 bridgehead atoms. The van der Waals surface area contributed by atoms with Gasteiger partial charge < -0.3 is 10.8 Å². The monoisotopic (exact) mass is 191 g/mol. The van der Waals surface area contributed by atoms with Crippen LogP contribution in [0, 0.1) is 0 Å². The quantitative estimate of drug-likeness (QED) is 0.765. The second-order valence-electron chi connectivity index (χ2n) is 4.41. The van der Waals surface area contributed by atoms with Crippen molar-refractivity contribution < 1.29 is 5.11 Å². The van der Waals surface area contributed by atoms with Gasteiger partial charge in [-0.2, -0.15) is 0 Å². The van der Waals surface area contributed by atoms with Gasteiger partial charge in [-0.15, -0.1) is 0 Å². The molecule has 0 aromatic heterocycles. The standard InChI is InChI=1S/C12H17NO/c1-9(14)11-5-3-2-4-10(11)8-12(13)6-7-12/h2-5,9,14H,6-8,13H2,1H3. The molecule has 1 aliphatic carbocycles. The van der Waals surface area contributed by atoms with Gasteiger partial charge in [0.25, 0.3) is 0 Å². The number of hydrogen-bond acceptors (Lipinski definition) is 2. The maximum absolute atomic E-state index is 9.58. The zero-order valence-electron chi connectivity index (χ0n) is 8.53. The lowest BCUT2D eigenvalue weighted by Gasteiger charge is -2.14. The highest BCUT2D eigenvalue weighted by Crippen LogP contribution is 2.36. The molecule has 0 heterocycles. The average Bonchev–Trinajstić information content (AvgIpc) is 2.84. The van der Waals surface area contributed by atoms with Crippen LogP contribution in [0.1, 0.15) is 37.0 Å². The van der Waals surface area contributed by atoms with E-state index in [1.165, 1.54) is 5.56 Å². The molecule has 3 N–H and O–H groups in total. The molecule has 1 aromatic rings. The van der Waals surface area contributed by atoms with Crippen molar-refractivity contribution in [2.75, 3.05) is 0 Å². The first-order valence-electron chi connectivity index (χ1n) is 5.15. The smallest absolute Gasteiger partial charge is 0.0764 e. The van der Waals surface area contributed by atoms with Crippen LogP contribution in [0.5, 0.6) is 0 Å². The van der Waals surface area contributed by atoms with E-state index < -0.39 is 6.10 Å². The summed E-state index contributed by atoms with van der Waals surface area (Å²) in [5, 5.41) is 9.58. The Bertz CT molecular complexity index is 329. The predicted octanol–water partition coefficient (Wildman–Crippen LogP) is 1.77. The molecule has 1 saturated carbocycles. The summed E-state index contributed by atoms with van der Waals surface area (Å²) >= 11 is 0. The van der Waals surface area contributed by atoms with Gasteiger partial charge in [-0.3, -0.25) is 0 Å². The van der Waals surface area contributed by atoms with Crippen molar-refractivity contribution in [3.8, 4) is 0 Å². The first-order chi connectivity index (χ1) is 6.61. The number of nitrogens with two attached hydrogens (primary N) is 1. The van der Waals surface area contributed by atoms with Gasteiger partial charge in [0.2, 0.25) is 0 Å². The molecule has 14 heavy (non-hydrogen) atoms. The van der Waals surface area contributed by atoms with Crippen LogP contribution in [0.2, 0.25) is 0 Å². The predicted molar refractivity (Wildman–Crippen MR) is 56.9 cm³/mol. The second-order valence-corrected chi connectivity index (χ2v) is 4.41. The molecule has 0 saturated heterocycles. The molecular formula is C12H17NO. The van der Waals surface area contributed by atoms with Gasteiger partial charge in [0, 0.05) is 5.54 Å². The van der Waals surface area contributed by atoms with E-state index in [4.69, 9.17) is 5.73 Å². The van der Waals surface area contributed by atoms with Crippen LogP contribution >= 0.6 is 0 Å². The van der Waals surface area contributed by atoms with Gasteiger partial charge in [0.15, 0.2) is 0 Å². The zero-order valence-corrected chi connectivity index (χ0v) is 8.53. The van der Waals surface area contributed by atoms with Crippen LogP contribution in [0.15, 0.2) is 24.3 Å². The number of hydrogen-bond donors (Lipinski definition) is 2. The van der Waals surface area contributed by atoms with E-state index >= 15 is 0 Å². The summed E-state index contributed by atoms with van der Waals surface area (Å²) < 4.78 is 0. The summed E-state index contributed by atoms with van der Waals surface area (Å²) in [5.74, 6) is 0. The van der Waals surface area contributed by atoms with E-state index in [1.54, 1.807) is 6.92 Å². The molecule has 0 aliphatic heterocycles. The third kappa shape index (κ3) is 1.97. The van der Waals surface area contributed by atoms with Crippen LogP contribution < -0.4 is 5.73 Å². The topological polar surface area (TPSA) is 46.2 Å². The summed E-state index contributed by atoms with van der Waals surface area (Å²) in [7, 11) is 0. The highest BCUT2D eigenvalue weighted by molar-refractivity contribution is 5.31. The van der Waals surface area contributed by atoms with Crippen LogP contribution in [0.3, 0.4) is 0 Å². The molecule has 1 atom stereocenters. The maximum atomic E-state index is 9.58. The second kappa shape index (κ2) is 3.37. The van der Waals surface area contributed by atoms with Crippen LogP contribution in [0.4, 0.5) is 0 Å². The summed E-state index contributed by atoms with van der Waals surface area (Å²) in [6.45, 7) is 1.80. The molecule has 1 aliphatic rings. The van der Waals surface area contributed by atoms with Crippen LogP contribution in [-0.4, -0.2) is 10.6 Å². The Balaban J connectivity index is 2.23. The maximum Gasteiger partial charge on any atom is 0.0764 e. The average molecular weight is 191 g/mol. The molecule has 1 fully saturated rings. The molecule has 0 spiro atoms. The highest BCUT2D eigenvalue weighted by Gasteiger charge is 2.38. The first-order valence-corrected chi connectivity index (χ1v) is 5.15. The minimum atomic E-state index is -0.395. The summed E-state index contributed by atoms with van der Waals surface area (Å²) in [4.78, 5) is 0. The molecule has 1 unspecified atom stereocenters. The molecule has 1 aromatic carbocycles. The van der Waals surface area contributed by atoms with Crippen molar-refractivity contribution in [2.45, 2.75) is 37.8 Å². The Kier molecular flexibility index (Phi) is 2.33. The SMILES string of the molecule is CC(O)c1ccccc1CC1(N)CC1. The van der Waals surface area contributed by atoms with Crippen molar-refractivity contribution in [3.63, 3.8) is 0 Å². The fourth-order valence-corrected chi connectivity index (χ4v) is 1.82. The molecule has 0 amide bonds. The van der Waals surface area contributed by atoms with E-state index in [9.17, 15) is 5.11 Å². The molecular weight excluding hydrogens is 174 g/mol. The minimum Gasteiger partial charge on any atom is -0.389 e. The number of aliphatic hydroxyl groups excluding tert-OH is 1. The lowest BCUT2D eigenvalue weighted by molar-refractivity contribution is 0.198. The highest BCUT2D eigenvalue weighted by atomic mass is 16.3. The lowest BCUT2D eigenvalue weighted by atomic mass is 9.97. The van der Waals surface area contributed by atoms with Crippen molar-refractivity contribution in [3.05, 3.63) is 35.4 Å². The largest absolute Gasteiger partial charge is 0.389 e. The van der Waals surface area contributed by atoms with Crippen molar-refractivity contribution >= 4 is 0 Å². The number of rotatable bonds is 3. The molecule has 0 radical (unpaired) electrons. The third-order valence-electron chi connectivity index (χ3n) is 2.94. The van der Waals surface area contributed by atoms with Crippen molar-refractivity contribution in [2.24, 2.45) is 5.73 Å². The zero-order chi connectivity index (χ0) is 10.2. The van der Waals surface area contributed by atoms with E-state index in [2.05, 4.69) is 6.07 Å². The molecule has 2 nitrogen and oxygen atoms in total. The normalized spacial score (nSPS) is 20.5. The molecule has 76 valence electrons. The van der Waals surface area contributed by atoms with E-state index in [0.29, 0.717) is 0 Å². The third-order valence-corrected chi connectivity index (χ3v) is 2.94. The Morgan fingerprint density at radius 1 is 1.43 bits per heavy atom. The van der Waals surface area contributed by atoms with E-state index in [1.807, 2.05) is 18.2 Å². The van der Waals surface area contributed by atoms with Crippen molar-refractivity contribution in [1.82, 2.24) is 0 Å². The van der Waals surface area contributed by atoms with Gasteiger partial charge in [-0.05, 0) is 37.3 Å². The van der Waals surface area contributed by atoms with Gasteiger partial charge in [0.1, 0.15) is 0 Å². The fraction of sp³-hybridized carbons (Fsp3) is 0.500.